The Balaban J connectivity index is 1.60. The third kappa shape index (κ3) is 6.98. The van der Waals surface area contributed by atoms with Crippen LogP contribution in [0.15, 0.2) is 60.7 Å². The number of carbonyl (C=O) groups is 2. The predicted molar refractivity (Wildman–Crippen MR) is 114 cm³/mol. The van der Waals surface area contributed by atoms with E-state index in [1.165, 1.54) is 0 Å². The van der Waals surface area contributed by atoms with Crippen molar-refractivity contribution in [2.24, 2.45) is 0 Å². The highest BCUT2D eigenvalue weighted by molar-refractivity contribution is 5.81. The van der Waals surface area contributed by atoms with Crippen LogP contribution >= 0.6 is 0 Å². The van der Waals surface area contributed by atoms with Gasteiger partial charge in [-0.3, -0.25) is 0 Å². The fraction of sp³-hybridized carbons (Fsp3) is 0.391. The van der Waals surface area contributed by atoms with Gasteiger partial charge in [-0.15, -0.1) is 0 Å². The van der Waals surface area contributed by atoms with Gasteiger partial charge in [0.2, 0.25) is 0 Å². The van der Waals surface area contributed by atoms with E-state index in [9.17, 15) is 30.0 Å². The second kappa shape index (κ2) is 11.7. The SMILES string of the molecule is O=C(N[C@H](Cc1ccccc1)C(=O)OC[C@H]1O[C@@H](O)[C@@H](O)[C@H](O)[C@@H]1O)OCc1ccccc1. The lowest BCUT2D eigenvalue weighted by molar-refractivity contribution is -0.287. The van der Waals surface area contributed by atoms with Crippen molar-refractivity contribution in [2.75, 3.05) is 6.61 Å². The Morgan fingerprint density at radius 1 is 0.848 bits per heavy atom. The quantitative estimate of drug-likeness (QED) is 0.338. The molecular weight excluding hydrogens is 434 g/mol. The smallest absolute Gasteiger partial charge is 0.408 e. The van der Waals surface area contributed by atoms with Gasteiger partial charge >= 0.3 is 12.1 Å². The molecule has 3 rings (SSSR count). The zero-order valence-corrected chi connectivity index (χ0v) is 17.7. The maximum absolute atomic E-state index is 12.7. The van der Waals surface area contributed by atoms with Gasteiger partial charge in [-0.25, -0.2) is 9.59 Å². The molecule has 0 aromatic heterocycles. The Bertz CT molecular complexity index is 895. The minimum Gasteiger partial charge on any atom is -0.461 e. The molecule has 0 saturated carbocycles. The first-order valence-electron chi connectivity index (χ1n) is 10.4. The van der Waals surface area contributed by atoms with Crippen LogP contribution < -0.4 is 5.32 Å². The highest BCUT2D eigenvalue weighted by Gasteiger charge is 2.43. The minimum absolute atomic E-state index is 0.0139. The zero-order chi connectivity index (χ0) is 23.8. The summed E-state index contributed by atoms with van der Waals surface area (Å²) in [5.74, 6) is -0.832. The van der Waals surface area contributed by atoms with Crippen LogP contribution in [-0.2, 0) is 32.0 Å². The summed E-state index contributed by atoms with van der Waals surface area (Å²) < 4.78 is 15.4. The summed E-state index contributed by atoms with van der Waals surface area (Å²) in [5, 5.41) is 41.4. The number of rotatable bonds is 8. The van der Waals surface area contributed by atoms with Gasteiger partial charge in [0.15, 0.2) is 6.29 Å². The third-order valence-corrected chi connectivity index (χ3v) is 5.15. The van der Waals surface area contributed by atoms with Crippen LogP contribution in [0.5, 0.6) is 0 Å². The fourth-order valence-corrected chi connectivity index (χ4v) is 3.28. The number of hydrogen-bond acceptors (Lipinski definition) is 9. The first-order valence-corrected chi connectivity index (χ1v) is 10.4. The van der Waals surface area contributed by atoms with Crippen molar-refractivity contribution in [1.82, 2.24) is 5.32 Å². The molecule has 0 unspecified atom stereocenters. The van der Waals surface area contributed by atoms with E-state index in [4.69, 9.17) is 14.2 Å². The van der Waals surface area contributed by atoms with Crippen LogP contribution in [-0.4, -0.2) is 75.8 Å². The molecule has 1 saturated heterocycles. The molecule has 0 radical (unpaired) electrons. The van der Waals surface area contributed by atoms with E-state index in [1.807, 2.05) is 12.1 Å². The van der Waals surface area contributed by atoms with Gasteiger partial charge in [0.25, 0.3) is 0 Å². The van der Waals surface area contributed by atoms with Crippen LogP contribution in [0.25, 0.3) is 0 Å². The molecule has 2 aromatic carbocycles. The second-order valence-corrected chi connectivity index (χ2v) is 7.62. The molecule has 1 heterocycles. The van der Waals surface area contributed by atoms with E-state index in [2.05, 4.69) is 5.32 Å². The Morgan fingerprint density at radius 3 is 2.09 bits per heavy atom. The molecule has 1 fully saturated rings. The molecule has 1 amide bonds. The lowest BCUT2D eigenvalue weighted by Crippen LogP contribution is -2.59. The standard InChI is InChI=1S/C23H27NO9/c25-18-17(33-22(29)20(27)19(18)26)13-31-21(28)16(11-14-7-3-1-4-8-14)24-23(30)32-12-15-9-5-2-6-10-15/h1-10,16-20,22,25-27,29H,11-13H2,(H,24,30)/t16-,17-,18-,19-,20+,22-/m1/s1. The van der Waals surface area contributed by atoms with Gasteiger partial charge in [-0.2, -0.15) is 0 Å². The van der Waals surface area contributed by atoms with E-state index in [0.717, 1.165) is 11.1 Å². The number of aliphatic hydroxyl groups is 4. The molecule has 2 aromatic rings. The number of amides is 1. The molecule has 1 aliphatic rings. The highest BCUT2D eigenvalue weighted by Crippen LogP contribution is 2.20. The van der Waals surface area contributed by atoms with E-state index in [1.54, 1.807) is 48.5 Å². The molecule has 178 valence electrons. The van der Waals surface area contributed by atoms with Crippen molar-refractivity contribution in [3.63, 3.8) is 0 Å². The molecule has 5 N–H and O–H groups in total. The Hall–Kier alpha value is -3.02. The number of esters is 1. The Labute approximate surface area is 190 Å². The molecule has 0 aliphatic carbocycles. The summed E-state index contributed by atoms with van der Waals surface area (Å²) in [4.78, 5) is 25.0. The number of carbonyl (C=O) groups excluding carboxylic acids is 2. The van der Waals surface area contributed by atoms with Gasteiger partial charge < -0.3 is 40.0 Å². The summed E-state index contributed by atoms with van der Waals surface area (Å²) in [6.45, 7) is -0.507. The average Bonchev–Trinajstić information content (AvgIpc) is 2.83. The van der Waals surface area contributed by atoms with Crippen molar-refractivity contribution in [2.45, 2.75) is 49.8 Å². The van der Waals surface area contributed by atoms with Crippen LogP contribution in [0, 0.1) is 0 Å². The van der Waals surface area contributed by atoms with Crippen molar-refractivity contribution < 1.29 is 44.2 Å². The summed E-state index contributed by atoms with van der Waals surface area (Å²) in [7, 11) is 0. The van der Waals surface area contributed by atoms with Crippen LogP contribution in [0.2, 0.25) is 0 Å². The zero-order valence-electron chi connectivity index (χ0n) is 17.7. The van der Waals surface area contributed by atoms with E-state index in [-0.39, 0.29) is 13.0 Å². The molecular formula is C23H27NO9. The largest absolute Gasteiger partial charge is 0.461 e. The van der Waals surface area contributed by atoms with Crippen molar-refractivity contribution in [3.8, 4) is 0 Å². The van der Waals surface area contributed by atoms with Crippen LogP contribution in [0.1, 0.15) is 11.1 Å². The Kier molecular flexibility index (Phi) is 8.75. The first-order chi connectivity index (χ1) is 15.8. The maximum Gasteiger partial charge on any atom is 0.408 e. The Morgan fingerprint density at radius 2 is 1.45 bits per heavy atom. The van der Waals surface area contributed by atoms with Crippen molar-refractivity contribution in [3.05, 3.63) is 71.8 Å². The summed E-state index contributed by atoms with van der Waals surface area (Å²) in [6, 6.07) is 16.8. The monoisotopic (exact) mass is 461 g/mol. The van der Waals surface area contributed by atoms with Crippen molar-refractivity contribution in [1.29, 1.82) is 0 Å². The van der Waals surface area contributed by atoms with Crippen LogP contribution in [0.3, 0.4) is 0 Å². The van der Waals surface area contributed by atoms with Gasteiger partial charge in [-0.05, 0) is 11.1 Å². The molecule has 0 bridgehead atoms. The molecule has 6 atom stereocenters. The topological polar surface area (TPSA) is 155 Å². The van der Waals surface area contributed by atoms with Crippen molar-refractivity contribution >= 4 is 12.1 Å². The van der Waals surface area contributed by atoms with E-state index < -0.39 is 55.4 Å². The van der Waals surface area contributed by atoms with Gasteiger partial charge in [0.05, 0.1) is 0 Å². The summed E-state index contributed by atoms with van der Waals surface area (Å²) in [6.07, 6.45) is -8.70. The number of nitrogens with one attached hydrogen (secondary N) is 1. The number of alkyl carbamates (subject to hydrolysis) is 1. The first kappa shape index (κ1) is 24.6. The number of benzene rings is 2. The number of aliphatic hydroxyl groups excluding tert-OH is 4. The third-order valence-electron chi connectivity index (χ3n) is 5.15. The second-order valence-electron chi connectivity index (χ2n) is 7.62. The molecule has 1 aliphatic heterocycles. The molecule has 10 heteroatoms. The normalized spacial score (nSPS) is 25.6. The number of hydrogen-bond donors (Lipinski definition) is 5. The van der Waals surface area contributed by atoms with Gasteiger partial charge in [-0.1, -0.05) is 60.7 Å². The van der Waals surface area contributed by atoms with Crippen LogP contribution in [0.4, 0.5) is 4.79 Å². The number of ether oxygens (including phenoxy) is 3. The predicted octanol–water partition coefficient (Wildman–Crippen LogP) is -0.133. The lowest BCUT2D eigenvalue weighted by atomic mass is 9.99. The van der Waals surface area contributed by atoms with Gasteiger partial charge in [0, 0.05) is 6.42 Å². The summed E-state index contributed by atoms with van der Waals surface area (Å²) in [5.41, 5.74) is 1.53. The van der Waals surface area contributed by atoms with Gasteiger partial charge in [0.1, 0.15) is 43.7 Å². The summed E-state index contributed by atoms with van der Waals surface area (Å²) >= 11 is 0. The molecule has 33 heavy (non-hydrogen) atoms. The fourth-order valence-electron chi connectivity index (χ4n) is 3.28. The van der Waals surface area contributed by atoms with E-state index in [0.29, 0.717) is 0 Å². The lowest BCUT2D eigenvalue weighted by Gasteiger charge is -2.38. The minimum atomic E-state index is -1.75. The molecule has 10 nitrogen and oxygen atoms in total. The average molecular weight is 461 g/mol. The molecule has 0 spiro atoms. The van der Waals surface area contributed by atoms with E-state index >= 15 is 0 Å². The highest BCUT2D eigenvalue weighted by atomic mass is 16.7. The maximum atomic E-state index is 12.7.